The van der Waals surface area contributed by atoms with Crippen molar-refractivity contribution in [2.24, 2.45) is 0 Å². The minimum Gasteiger partial charge on any atom is -0.460 e. The van der Waals surface area contributed by atoms with Gasteiger partial charge in [0, 0.05) is 12.0 Å². The Labute approximate surface area is 101 Å². The molecule has 0 saturated carbocycles. The number of esters is 1. The highest BCUT2D eigenvalue weighted by Gasteiger charge is 2.09. The van der Waals surface area contributed by atoms with Gasteiger partial charge in [-0.2, -0.15) is 0 Å². The zero-order valence-electron chi connectivity index (χ0n) is 9.47. The van der Waals surface area contributed by atoms with E-state index in [4.69, 9.17) is 9.47 Å². The smallest absolute Gasteiger partial charge is 0.310 e. The van der Waals surface area contributed by atoms with Gasteiger partial charge in [-0.1, -0.05) is 12.1 Å². The predicted octanol–water partition coefficient (Wildman–Crippen LogP) is 2.10. The molecule has 1 atom stereocenters. The molecule has 0 aliphatic rings. The molecular weight excluding hydrogens is 224 g/mol. The van der Waals surface area contributed by atoms with E-state index in [0.29, 0.717) is 6.61 Å². The Balaban J connectivity index is 2.42. The Hall–Kier alpha value is -1.00. The van der Waals surface area contributed by atoms with Crippen LogP contribution in [0.3, 0.4) is 0 Å². The second-order valence-corrected chi connectivity index (χ2v) is 4.12. The second-order valence-electron chi connectivity index (χ2n) is 3.60. The minimum absolute atomic E-state index is 0.207. The van der Waals surface area contributed by atoms with E-state index in [0.717, 1.165) is 10.5 Å². The van der Waals surface area contributed by atoms with Crippen LogP contribution in [0.15, 0.2) is 29.2 Å². The van der Waals surface area contributed by atoms with E-state index >= 15 is 0 Å². The zero-order valence-corrected chi connectivity index (χ0v) is 10.4. The number of carbonyl (C=O) groups is 1. The topological polar surface area (TPSA) is 35.5 Å². The molecule has 0 spiro atoms. The first-order chi connectivity index (χ1) is 7.61. The highest BCUT2D eigenvalue weighted by atomic mass is 32.1. The van der Waals surface area contributed by atoms with Crippen LogP contribution in [0.25, 0.3) is 0 Å². The predicted molar refractivity (Wildman–Crippen MR) is 64.8 cm³/mol. The molecule has 0 bridgehead atoms. The van der Waals surface area contributed by atoms with E-state index in [9.17, 15) is 4.79 Å². The quantitative estimate of drug-likeness (QED) is 0.632. The van der Waals surface area contributed by atoms with Gasteiger partial charge in [0.05, 0.1) is 13.0 Å². The van der Waals surface area contributed by atoms with Crippen LogP contribution in [-0.4, -0.2) is 25.8 Å². The van der Waals surface area contributed by atoms with Gasteiger partial charge in [0.15, 0.2) is 0 Å². The number of hydrogen-bond donors (Lipinski definition) is 1. The van der Waals surface area contributed by atoms with Crippen molar-refractivity contribution in [2.75, 3.05) is 13.7 Å². The molecule has 0 aromatic heterocycles. The Morgan fingerprint density at radius 3 is 2.56 bits per heavy atom. The fourth-order valence-electron chi connectivity index (χ4n) is 1.32. The molecule has 0 aliphatic carbocycles. The van der Waals surface area contributed by atoms with Crippen LogP contribution in [0.1, 0.15) is 12.5 Å². The minimum atomic E-state index is -0.239. The van der Waals surface area contributed by atoms with Crippen LogP contribution in [0.2, 0.25) is 0 Å². The Kier molecular flexibility index (Phi) is 5.35. The SMILES string of the molecule is COCC(C)OC(=O)Cc1ccc(S)cc1. The molecule has 1 aromatic rings. The molecule has 0 aliphatic heterocycles. The van der Waals surface area contributed by atoms with Gasteiger partial charge in [0.25, 0.3) is 0 Å². The molecule has 0 heterocycles. The maximum Gasteiger partial charge on any atom is 0.310 e. The van der Waals surface area contributed by atoms with Gasteiger partial charge in [-0.05, 0) is 24.6 Å². The fourth-order valence-corrected chi connectivity index (χ4v) is 1.46. The first kappa shape index (κ1) is 13.1. The molecule has 1 unspecified atom stereocenters. The summed E-state index contributed by atoms with van der Waals surface area (Å²) >= 11 is 4.17. The lowest BCUT2D eigenvalue weighted by Crippen LogP contribution is -2.20. The third-order valence-corrected chi connectivity index (χ3v) is 2.32. The van der Waals surface area contributed by atoms with Gasteiger partial charge >= 0.3 is 5.97 Å². The summed E-state index contributed by atoms with van der Waals surface area (Å²) in [6, 6.07) is 7.43. The van der Waals surface area contributed by atoms with Crippen molar-refractivity contribution in [1.82, 2.24) is 0 Å². The molecule has 0 saturated heterocycles. The lowest BCUT2D eigenvalue weighted by Gasteiger charge is -2.11. The maximum atomic E-state index is 11.5. The third-order valence-electron chi connectivity index (χ3n) is 2.02. The van der Waals surface area contributed by atoms with Crippen LogP contribution in [0.4, 0.5) is 0 Å². The van der Waals surface area contributed by atoms with Gasteiger partial charge in [0.2, 0.25) is 0 Å². The molecule has 1 rings (SSSR count). The van der Waals surface area contributed by atoms with Crippen molar-refractivity contribution < 1.29 is 14.3 Å². The summed E-state index contributed by atoms with van der Waals surface area (Å²) in [6.07, 6.45) is 0.0731. The molecule has 0 N–H and O–H groups in total. The van der Waals surface area contributed by atoms with E-state index in [-0.39, 0.29) is 18.5 Å². The second kappa shape index (κ2) is 6.55. The van der Waals surface area contributed by atoms with Crippen molar-refractivity contribution in [3.8, 4) is 0 Å². The molecule has 88 valence electrons. The van der Waals surface area contributed by atoms with Crippen molar-refractivity contribution in [3.05, 3.63) is 29.8 Å². The summed E-state index contributed by atoms with van der Waals surface area (Å²) in [5.41, 5.74) is 0.924. The number of thiol groups is 1. The Bertz CT molecular complexity index is 335. The van der Waals surface area contributed by atoms with E-state index in [1.54, 1.807) is 14.0 Å². The lowest BCUT2D eigenvalue weighted by atomic mass is 10.1. The fraction of sp³-hybridized carbons (Fsp3) is 0.417. The normalized spacial score (nSPS) is 12.2. The number of rotatable bonds is 5. The van der Waals surface area contributed by atoms with Gasteiger partial charge in [-0.15, -0.1) is 12.6 Å². The molecular formula is C12H16O3S. The molecule has 4 heteroatoms. The summed E-state index contributed by atoms with van der Waals surface area (Å²) in [5, 5.41) is 0. The average Bonchev–Trinajstić information content (AvgIpc) is 2.21. The van der Waals surface area contributed by atoms with E-state index in [1.165, 1.54) is 0 Å². The number of benzene rings is 1. The first-order valence-electron chi connectivity index (χ1n) is 5.08. The number of carbonyl (C=O) groups excluding carboxylic acids is 1. The summed E-state index contributed by atoms with van der Waals surface area (Å²) in [5.74, 6) is -0.239. The van der Waals surface area contributed by atoms with Crippen molar-refractivity contribution in [1.29, 1.82) is 0 Å². The molecule has 1 aromatic carbocycles. The van der Waals surface area contributed by atoms with Gasteiger partial charge in [0.1, 0.15) is 6.10 Å². The maximum absolute atomic E-state index is 11.5. The lowest BCUT2D eigenvalue weighted by molar-refractivity contribution is -0.149. The molecule has 0 fully saturated rings. The molecule has 0 radical (unpaired) electrons. The van der Waals surface area contributed by atoms with Crippen LogP contribution >= 0.6 is 12.6 Å². The highest BCUT2D eigenvalue weighted by Crippen LogP contribution is 2.09. The van der Waals surface area contributed by atoms with E-state index in [1.807, 2.05) is 24.3 Å². The van der Waals surface area contributed by atoms with Gasteiger partial charge in [-0.25, -0.2) is 0 Å². The van der Waals surface area contributed by atoms with Crippen LogP contribution in [0, 0.1) is 0 Å². The van der Waals surface area contributed by atoms with Crippen LogP contribution in [-0.2, 0) is 20.7 Å². The Morgan fingerprint density at radius 2 is 2.00 bits per heavy atom. The van der Waals surface area contributed by atoms with Crippen LogP contribution in [0.5, 0.6) is 0 Å². The van der Waals surface area contributed by atoms with Crippen molar-refractivity contribution in [3.63, 3.8) is 0 Å². The van der Waals surface area contributed by atoms with Crippen molar-refractivity contribution >= 4 is 18.6 Å². The van der Waals surface area contributed by atoms with E-state index in [2.05, 4.69) is 12.6 Å². The molecule has 3 nitrogen and oxygen atoms in total. The largest absolute Gasteiger partial charge is 0.460 e. The molecule has 16 heavy (non-hydrogen) atoms. The van der Waals surface area contributed by atoms with Gasteiger partial charge < -0.3 is 9.47 Å². The standard InChI is InChI=1S/C12H16O3S/c1-9(8-14-2)15-12(13)7-10-3-5-11(16)6-4-10/h3-6,9,16H,7-8H2,1-2H3. The third kappa shape index (κ3) is 4.68. The number of methoxy groups -OCH3 is 1. The number of ether oxygens (including phenoxy) is 2. The number of hydrogen-bond acceptors (Lipinski definition) is 4. The molecule has 0 amide bonds. The summed E-state index contributed by atoms with van der Waals surface area (Å²) in [7, 11) is 1.58. The summed E-state index contributed by atoms with van der Waals surface area (Å²) in [6.45, 7) is 2.22. The van der Waals surface area contributed by atoms with E-state index < -0.39 is 0 Å². The monoisotopic (exact) mass is 240 g/mol. The summed E-state index contributed by atoms with van der Waals surface area (Å²) in [4.78, 5) is 12.4. The average molecular weight is 240 g/mol. The Morgan fingerprint density at radius 1 is 1.38 bits per heavy atom. The summed E-state index contributed by atoms with van der Waals surface area (Å²) < 4.78 is 10.0. The van der Waals surface area contributed by atoms with Gasteiger partial charge in [-0.3, -0.25) is 4.79 Å². The zero-order chi connectivity index (χ0) is 12.0. The van der Waals surface area contributed by atoms with Crippen molar-refractivity contribution in [2.45, 2.75) is 24.3 Å². The first-order valence-corrected chi connectivity index (χ1v) is 5.53. The van der Waals surface area contributed by atoms with Crippen LogP contribution < -0.4 is 0 Å². The highest BCUT2D eigenvalue weighted by molar-refractivity contribution is 7.80.